The van der Waals surface area contributed by atoms with Crippen molar-refractivity contribution >= 4 is 37.8 Å². The molecule has 0 bridgehead atoms. The fourth-order valence-electron chi connectivity index (χ4n) is 0.837. The number of esters is 1. The average Bonchev–Trinajstić information content (AvgIpc) is 2.26. The summed E-state index contributed by atoms with van der Waals surface area (Å²) in [5.41, 5.74) is 0.968. The van der Waals surface area contributed by atoms with Crippen LogP contribution in [-0.4, -0.2) is 5.97 Å². The second-order valence-corrected chi connectivity index (χ2v) is 3.83. The van der Waals surface area contributed by atoms with Gasteiger partial charge in [-0.1, -0.05) is 46.3 Å². The minimum absolute atomic E-state index is 0.287. The Morgan fingerprint density at radius 1 is 1.36 bits per heavy atom. The first kappa shape index (κ1) is 11.5. The number of benzene rings is 1. The maximum Gasteiger partial charge on any atom is 0.346 e. The molecule has 0 saturated heterocycles. The zero-order valence-corrected chi connectivity index (χ0v) is 10.4. The Hall–Kier alpha value is -0.610. The summed E-state index contributed by atoms with van der Waals surface area (Å²) in [5.74, 6) is -0.384. The number of rotatable bonds is 3. The molecule has 0 N–H and O–H groups in total. The Morgan fingerprint density at radius 2 is 2.00 bits per heavy atom. The minimum atomic E-state index is -0.384. The quantitative estimate of drug-likeness (QED) is 0.631. The molecule has 14 heavy (non-hydrogen) atoms. The van der Waals surface area contributed by atoms with Crippen LogP contribution in [0.3, 0.4) is 0 Å². The van der Waals surface area contributed by atoms with Crippen LogP contribution < -0.4 is 0 Å². The van der Waals surface area contributed by atoms with Crippen LogP contribution in [0.1, 0.15) is 5.56 Å². The predicted molar refractivity (Wildman–Crippen MR) is 62.2 cm³/mol. The van der Waals surface area contributed by atoms with Crippen LogP contribution >= 0.6 is 31.9 Å². The standard InChI is InChI=1S/C10H8Br2O2/c11-6-9(12)10(13)14-7-8-4-2-1-3-5-8/h1-6H,7H2. The van der Waals surface area contributed by atoms with E-state index in [-0.39, 0.29) is 12.6 Å². The van der Waals surface area contributed by atoms with Gasteiger partial charge in [-0.2, -0.15) is 0 Å². The van der Waals surface area contributed by atoms with E-state index in [0.717, 1.165) is 5.56 Å². The van der Waals surface area contributed by atoms with Crippen molar-refractivity contribution in [1.29, 1.82) is 0 Å². The van der Waals surface area contributed by atoms with E-state index in [1.807, 2.05) is 30.3 Å². The molecule has 0 saturated carbocycles. The van der Waals surface area contributed by atoms with Crippen molar-refractivity contribution in [3.05, 3.63) is 45.4 Å². The third kappa shape index (κ3) is 3.64. The third-order valence-corrected chi connectivity index (χ3v) is 3.13. The lowest BCUT2D eigenvalue weighted by Crippen LogP contribution is -2.03. The van der Waals surface area contributed by atoms with Gasteiger partial charge in [0.2, 0.25) is 0 Å². The molecule has 1 aromatic rings. The highest BCUT2D eigenvalue weighted by atomic mass is 79.9. The van der Waals surface area contributed by atoms with Gasteiger partial charge in [0, 0.05) is 4.99 Å². The normalized spacial score (nSPS) is 11.1. The summed E-state index contributed by atoms with van der Waals surface area (Å²) in [6.45, 7) is 0.287. The number of carbonyl (C=O) groups excluding carboxylic acids is 1. The van der Waals surface area contributed by atoms with E-state index in [4.69, 9.17) is 4.74 Å². The van der Waals surface area contributed by atoms with Crippen molar-refractivity contribution in [1.82, 2.24) is 0 Å². The Morgan fingerprint density at radius 3 is 2.57 bits per heavy atom. The zero-order valence-electron chi connectivity index (χ0n) is 7.24. The van der Waals surface area contributed by atoms with Gasteiger partial charge in [0.15, 0.2) is 0 Å². The van der Waals surface area contributed by atoms with Gasteiger partial charge in [-0.05, 0) is 21.5 Å². The third-order valence-electron chi connectivity index (χ3n) is 1.50. The molecule has 1 aromatic carbocycles. The summed E-state index contributed by atoms with van der Waals surface area (Å²) >= 11 is 6.09. The van der Waals surface area contributed by atoms with Gasteiger partial charge >= 0.3 is 5.97 Å². The van der Waals surface area contributed by atoms with Crippen molar-refractivity contribution in [3.8, 4) is 0 Å². The Labute approximate surface area is 99.2 Å². The van der Waals surface area contributed by atoms with Gasteiger partial charge in [-0.15, -0.1) is 0 Å². The molecule has 0 aromatic heterocycles. The van der Waals surface area contributed by atoms with E-state index in [1.165, 1.54) is 4.99 Å². The SMILES string of the molecule is O=C(OCc1ccccc1)C(Br)=CBr. The second kappa shape index (κ2) is 5.98. The zero-order chi connectivity index (χ0) is 10.4. The maximum atomic E-state index is 11.2. The number of carbonyl (C=O) groups is 1. The van der Waals surface area contributed by atoms with E-state index in [2.05, 4.69) is 31.9 Å². The van der Waals surface area contributed by atoms with Crippen LogP contribution in [0, 0.1) is 0 Å². The minimum Gasteiger partial charge on any atom is -0.457 e. The molecule has 0 unspecified atom stereocenters. The van der Waals surface area contributed by atoms with Gasteiger partial charge in [0.05, 0.1) is 0 Å². The first-order valence-corrected chi connectivity index (χ1v) is 5.62. The molecule has 4 heteroatoms. The van der Waals surface area contributed by atoms with E-state index < -0.39 is 0 Å². The van der Waals surface area contributed by atoms with Crippen molar-refractivity contribution in [2.75, 3.05) is 0 Å². The lowest BCUT2D eigenvalue weighted by Gasteiger charge is -2.02. The monoisotopic (exact) mass is 318 g/mol. The van der Waals surface area contributed by atoms with Gasteiger partial charge in [-0.25, -0.2) is 4.79 Å². The van der Waals surface area contributed by atoms with E-state index >= 15 is 0 Å². The van der Waals surface area contributed by atoms with Crippen LogP contribution in [0.4, 0.5) is 0 Å². The Balaban J connectivity index is 2.46. The molecule has 74 valence electrons. The summed E-state index contributed by atoms with van der Waals surface area (Å²) in [4.78, 5) is 12.7. The molecule has 0 radical (unpaired) electrons. The van der Waals surface area contributed by atoms with Gasteiger partial charge in [0.1, 0.15) is 11.1 Å². The first-order valence-electron chi connectivity index (χ1n) is 3.91. The van der Waals surface area contributed by atoms with Crippen molar-refractivity contribution in [2.24, 2.45) is 0 Å². The molecular formula is C10H8Br2O2. The largest absolute Gasteiger partial charge is 0.457 e. The molecule has 0 aliphatic rings. The molecule has 0 atom stereocenters. The summed E-state index contributed by atoms with van der Waals surface area (Å²) in [6.07, 6.45) is 0. The molecular weight excluding hydrogens is 312 g/mol. The van der Waals surface area contributed by atoms with Crippen molar-refractivity contribution in [3.63, 3.8) is 0 Å². The fourth-order valence-corrected chi connectivity index (χ4v) is 1.14. The topological polar surface area (TPSA) is 26.3 Å². The summed E-state index contributed by atoms with van der Waals surface area (Å²) in [6, 6.07) is 9.52. The van der Waals surface area contributed by atoms with E-state index in [9.17, 15) is 4.79 Å². The predicted octanol–water partition coefficient (Wildman–Crippen LogP) is 3.36. The number of ether oxygens (including phenoxy) is 1. The smallest absolute Gasteiger partial charge is 0.346 e. The molecule has 0 spiro atoms. The lowest BCUT2D eigenvalue weighted by atomic mass is 10.2. The van der Waals surface area contributed by atoms with Gasteiger partial charge < -0.3 is 4.74 Å². The van der Waals surface area contributed by atoms with Crippen LogP contribution in [0.2, 0.25) is 0 Å². The molecule has 0 amide bonds. The highest BCUT2D eigenvalue weighted by Gasteiger charge is 2.06. The molecule has 0 aliphatic carbocycles. The average molecular weight is 320 g/mol. The Bertz CT molecular complexity index is 333. The lowest BCUT2D eigenvalue weighted by molar-refractivity contribution is -0.139. The van der Waals surface area contributed by atoms with Crippen LogP contribution in [0.25, 0.3) is 0 Å². The highest BCUT2D eigenvalue weighted by Crippen LogP contribution is 2.11. The second-order valence-electron chi connectivity index (χ2n) is 2.52. The molecule has 0 heterocycles. The first-order chi connectivity index (χ1) is 6.74. The fraction of sp³-hybridized carbons (Fsp3) is 0.100. The molecule has 1 rings (SSSR count). The molecule has 0 aliphatic heterocycles. The number of halogens is 2. The summed E-state index contributed by atoms with van der Waals surface area (Å²) < 4.78 is 5.37. The van der Waals surface area contributed by atoms with Crippen LogP contribution in [0.5, 0.6) is 0 Å². The number of hydrogen-bond donors (Lipinski definition) is 0. The van der Waals surface area contributed by atoms with Crippen molar-refractivity contribution < 1.29 is 9.53 Å². The van der Waals surface area contributed by atoms with Gasteiger partial charge in [-0.3, -0.25) is 0 Å². The van der Waals surface area contributed by atoms with E-state index in [1.54, 1.807) is 0 Å². The Kier molecular flexibility index (Phi) is 4.90. The highest BCUT2D eigenvalue weighted by molar-refractivity contribution is 9.14. The van der Waals surface area contributed by atoms with E-state index in [0.29, 0.717) is 4.48 Å². The van der Waals surface area contributed by atoms with Crippen LogP contribution in [0.15, 0.2) is 39.8 Å². The molecule has 2 nitrogen and oxygen atoms in total. The van der Waals surface area contributed by atoms with Crippen molar-refractivity contribution in [2.45, 2.75) is 6.61 Å². The number of hydrogen-bond acceptors (Lipinski definition) is 2. The van der Waals surface area contributed by atoms with Gasteiger partial charge in [0.25, 0.3) is 0 Å². The van der Waals surface area contributed by atoms with Crippen LogP contribution in [-0.2, 0) is 16.1 Å². The summed E-state index contributed by atoms with van der Waals surface area (Å²) in [7, 11) is 0. The molecule has 0 fully saturated rings. The summed E-state index contributed by atoms with van der Waals surface area (Å²) in [5, 5.41) is 0. The maximum absolute atomic E-state index is 11.2.